The minimum atomic E-state index is -0.390. The van der Waals surface area contributed by atoms with Crippen LogP contribution < -0.4 is 5.32 Å². The summed E-state index contributed by atoms with van der Waals surface area (Å²) in [6, 6.07) is 9.35. The third-order valence-electron chi connectivity index (χ3n) is 2.58. The van der Waals surface area contributed by atoms with E-state index in [4.69, 9.17) is 4.74 Å². The van der Waals surface area contributed by atoms with Crippen molar-refractivity contribution in [3.05, 3.63) is 35.9 Å². The summed E-state index contributed by atoms with van der Waals surface area (Å²) >= 11 is 0. The highest BCUT2D eigenvalue weighted by atomic mass is 16.5. The van der Waals surface area contributed by atoms with Crippen LogP contribution >= 0.6 is 0 Å². The number of amides is 2. The minimum Gasteiger partial charge on any atom is -0.465 e. The summed E-state index contributed by atoms with van der Waals surface area (Å²) in [5.74, 6) is -0.390. The van der Waals surface area contributed by atoms with Crippen LogP contribution in [0.2, 0.25) is 0 Å². The first-order valence-corrected chi connectivity index (χ1v) is 6.39. The number of ether oxygens (including phenoxy) is 1. The van der Waals surface area contributed by atoms with Crippen LogP contribution in [0.1, 0.15) is 19.4 Å². The Bertz CT molecular complexity index is 406. The number of hydrogen-bond acceptors (Lipinski definition) is 3. The Morgan fingerprint density at radius 2 is 1.89 bits per heavy atom. The monoisotopic (exact) mass is 264 g/mol. The van der Waals surface area contributed by atoms with Gasteiger partial charge >= 0.3 is 12.0 Å². The van der Waals surface area contributed by atoms with E-state index >= 15 is 0 Å². The van der Waals surface area contributed by atoms with Crippen LogP contribution in [-0.4, -0.2) is 36.6 Å². The lowest BCUT2D eigenvalue weighted by Gasteiger charge is -2.20. The highest BCUT2D eigenvalue weighted by molar-refractivity contribution is 5.80. The largest absolute Gasteiger partial charge is 0.465 e. The summed E-state index contributed by atoms with van der Waals surface area (Å²) in [7, 11) is 0. The molecule has 5 heteroatoms. The summed E-state index contributed by atoms with van der Waals surface area (Å²) in [6.45, 7) is 4.76. The molecular formula is C14H20N2O3. The number of likely N-dealkylation sites (N-methyl/N-ethyl adjacent to an activating group) is 1. The maximum absolute atomic E-state index is 11.9. The van der Waals surface area contributed by atoms with Gasteiger partial charge in [0.05, 0.1) is 6.61 Å². The smallest absolute Gasteiger partial charge is 0.325 e. The fourth-order valence-electron chi connectivity index (χ4n) is 1.58. The van der Waals surface area contributed by atoms with E-state index in [1.807, 2.05) is 37.3 Å². The number of carbonyl (C=O) groups is 2. The number of esters is 1. The zero-order valence-electron chi connectivity index (χ0n) is 11.4. The number of hydrogen-bond donors (Lipinski definition) is 1. The number of nitrogens with zero attached hydrogens (tertiary/aromatic N) is 1. The lowest BCUT2D eigenvalue weighted by atomic mass is 10.2. The highest BCUT2D eigenvalue weighted by Crippen LogP contribution is 1.98. The van der Waals surface area contributed by atoms with Crippen LogP contribution in [-0.2, 0) is 16.1 Å². The average molecular weight is 264 g/mol. The molecule has 1 aromatic carbocycles. The molecule has 0 aliphatic heterocycles. The summed E-state index contributed by atoms with van der Waals surface area (Å²) in [4.78, 5) is 24.7. The Hall–Kier alpha value is -2.04. The Labute approximate surface area is 113 Å². The van der Waals surface area contributed by atoms with Crippen LogP contribution in [0.15, 0.2) is 30.3 Å². The molecule has 0 saturated carbocycles. The second-order valence-electron chi connectivity index (χ2n) is 3.96. The zero-order valence-corrected chi connectivity index (χ0v) is 11.4. The molecule has 0 spiro atoms. The zero-order chi connectivity index (χ0) is 14.1. The quantitative estimate of drug-likeness (QED) is 0.797. The summed E-state index contributed by atoms with van der Waals surface area (Å²) in [6.07, 6.45) is 0. The van der Waals surface area contributed by atoms with Gasteiger partial charge in [-0.15, -0.1) is 0 Å². The van der Waals surface area contributed by atoms with Crippen LogP contribution in [0.5, 0.6) is 0 Å². The fraction of sp³-hybridized carbons (Fsp3) is 0.429. The first-order chi connectivity index (χ1) is 9.17. The maximum Gasteiger partial charge on any atom is 0.325 e. The first-order valence-electron chi connectivity index (χ1n) is 6.39. The summed E-state index contributed by atoms with van der Waals surface area (Å²) < 4.78 is 4.83. The van der Waals surface area contributed by atoms with Crippen molar-refractivity contribution in [3.63, 3.8) is 0 Å². The van der Waals surface area contributed by atoms with E-state index in [1.54, 1.807) is 6.92 Å². The molecule has 1 N–H and O–H groups in total. The third kappa shape index (κ3) is 5.42. The normalized spacial score (nSPS) is 9.79. The first kappa shape index (κ1) is 15.0. The lowest BCUT2D eigenvalue weighted by molar-refractivity contribution is -0.143. The molecule has 0 heterocycles. The van der Waals surface area contributed by atoms with Crippen molar-refractivity contribution in [2.75, 3.05) is 19.7 Å². The Morgan fingerprint density at radius 3 is 2.47 bits per heavy atom. The molecule has 2 amide bonds. The molecule has 0 fully saturated rings. The van der Waals surface area contributed by atoms with Crippen LogP contribution in [0, 0.1) is 0 Å². The van der Waals surface area contributed by atoms with Crippen molar-refractivity contribution in [2.45, 2.75) is 20.4 Å². The molecule has 0 unspecified atom stereocenters. The molecule has 0 aromatic heterocycles. The van der Waals surface area contributed by atoms with Crippen LogP contribution in [0.4, 0.5) is 4.79 Å². The number of benzene rings is 1. The van der Waals surface area contributed by atoms with Gasteiger partial charge in [-0.2, -0.15) is 0 Å². The van der Waals surface area contributed by atoms with Gasteiger partial charge in [-0.25, -0.2) is 4.79 Å². The molecule has 0 atom stereocenters. The van der Waals surface area contributed by atoms with E-state index < -0.39 is 0 Å². The fourth-order valence-corrected chi connectivity index (χ4v) is 1.58. The van der Waals surface area contributed by atoms with E-state index in [0.717, 1.165) is 5.56 Å². The van der Waals surface area contributed by atoms with E-state index in [1.165, 1.54) is 4.90 Å². The second kappa shape index (κ2) is 8.13. The van der Waals surface area contributed by atoms with Gasteiger partial charge in [0.2, 0.25) is 0 Å². The summed E-state index contributed by atoms with van der Waals surface area (Å²) in [5.41, 5.74) is 1.02. The summed E-state index contributed by atoms with van der Waals surface area (Å²) in [5, 5.41) is 2.78. The molecule has 104 valence electrons. The van der Waals surface area contributed by atoms with Gasteiger partial charge in [0.15, 0.2) is 0 Å². The SMILES string of the molecule is CCOC(=O)CN(CC)C(=O)NCc1ccccc1. The van der Waals surface area contributed by atoms with Crippen molar-refractivity contribution >= 4 is 12.0 Å². The molecule has 5 nitrogen and oxygen atoms in total. The molecule has 0 saturated heterocycles. The van der Waals surface area contributed by atoms with E-state index in [-0.39, 0.29) is 18.5 Å². The molecule has 19 heavy (non-hydrogen) atoms. The third-order valence-corrected chi connectivity index (χ3v) is 2.58. The Morgan fingerprint density at radius 1 is 1.21 bits per heavy atom. The van der Waals surface area contributed by atoms with Crippen molar-refractivity contribution < 1.29 is 14.3 Å². The van der Waals surface area contributed by atoms with Gasteiger partial charge in [0.25, 0.3) is 0 Å². The standard InChI is InChI=1S/C14H20N2O3/c1-3-16(11-13(17)19-4-2)14(18)15-10-12-8-6-5-7-9-12/h5-9H,3-4,10-11H2,1-2H3,(H,15,18). The van der Waals surface area contributed by atoms with Gasteiger partial charge in [0.1, 0.15) is 6.54 Å². The topological polar surface area (TPSA) is 58.6 Å². The van der Waals surface area contributed by atoms with E-state index in [9.17, 15) is 9.59 Å². The Balaban J connectivity index is 2.43. The molecule has 0 aliphatic rings. The van der Waals surface area contributed by atoms with Crippen molar-refractivity contribution in [1.82, 2.24) is 10.2 Å². The molecule has 0 bridgehead atoms. The van der Waals surface area contributed by atoms with Gasteiger partial charge in [0, 0.05) is 13.1 Å². The number of urea groups is 1. The predicted octanol–water partition coefficient (Wildman–Crippen LogP) is 1.78. The second-order valence-corrected chi connectivity index (χ2v) is 3.96. The number of carbonyl (C=O) groups excluding carboxylic acids is 2. The Kier molecular flexibility index (Phi) is 6.43. The van der Waals surface area contributed by atoms with E-state index in [2.05, 4.69) is 5.32 Å². The van der Waals surface area contributed by atoms with Gasteiger partial charge in [-0.3, -0.25) is 4.79 Å². The maximum atomic E-state index is 11.9. The average Bonchev–Trinajstić information content (AvgIpc) is 2.43. The predicted molar refractivity (Wildman–Crippen MR) is 72.6 cm³/mol. The highest BCUT2D eigenvalue weighted by Gasteiger charge is 2.15. The van der Waals surface area contributed by atoms with Crippen LogP contribution in [0.25, 0.3) is 0 Å². The number of rotatable bonds is 6. The molecule has 0 aliphatic carbocycles. The molecule has 1 aromatic rings. The van der Waals surface area contributed by atoms with Crippen molar-refractivity contribution in [3.8, 4) is 0 Å². The molecule has 1 rings (SSSR count). The van der Waals surface area contributed by atoms with E-state index in [0.29, 0.717) is 19.7 Å². The lowest BCUT2D eigenvalue weighted by Crippen LogP contribution is -2.42. The van der Waals surface area contributed by atoms with Crippen molar-refractivity contribution in [1.29, 1.82) is 0 Å². The van der Waals surface area contributed by atoms with Gasteiger partial charge < -0.3 is 15.0 Å². The van der Waals surface area contributed by atoms with Crippen LogP contribution in [0.3, 0.4) is 0 Å². The number of nitrogens with one attached hydrogen (secondary N) is 1. The van der Waals surface area contributed by atoms with Crippen molar-refractivity contribution in [2.24, 2.45) is 0 Å². The van der Waals surface area contributed by atoms with Gasteiger partial charge in [-0.05, 0) is 19.4 Å². The molecular weight excluding hydrogens is 244 g/mol. The van der Waals surface area contributed by atoms with Gasteiger partial charge in [-0.1, -0.05) is 30.3 Å². The minimum absolute atomic E-state index is 0.0229. The molecule has 0 radical (unpaired) electrons.